The fourth-order valence-corrected chi connectivity index (χ4v) is 4.21. The summed E-state index contributed by atoms with van der Waals surface area (Å²) in [6, 6.07) is 13.5. The van der Waals surface area contributed by atoms with Gasteiger partial charge in [-0.05, 0) is 54.8 Å². The van der Waals surface area contributed by atoms with Gasteiger partial charge in [0.05, 0.1) is 11.4 Å². The molecule has 2 aromatic carbocycles. The van der Waals surface area contributed by atoms with Crippen LogP contribution in [-0.2, 0) is 21.4 Å². The summed E-state index contributed by atoms with van der Waals surface area (Å²) in [5, 5.41) is 3.29. The molecule has 0 heterocycles. The largest absolute Gasteiger partial charge is 0.352 e. The number of hydrogen-bond donors (Lipinski definition) is 1. The lowest BCUT2D eigenvalue weighted by Crippen LogP contribution is -2.41. The lowest BCUT2D eigenvalue weighted by atomic mass is 10.2. The predicted molar refractivity (Wildman–Crippen MR) is 104 cm³/mol. The Kier molecular flexibility index (Phi) is 6.02. The van der Waals surface area contributed by atoms with Crippen LogP contribution in [0.4, 0.5) is 0 Å². The maximum absolute atomic E-state index is 13.0. The summed E-state index contributed by atoms with van der Waals surface area (Å²) in [5.74, 6) is -0.290. The highest BCUT2D eigenvalue weighted by molar-refractivity contribution is 9.10. The van der Waals surface area contributed by atoms with Gasteiger partial charge >= 0.3 is 0 Å². The van der Waals surface area contributed by atoms with Crippen LogP contribution in [0.25, 0.3) is 0 Å². The van der Waals surface area contributed by atoms with Gasteiger partial charge in [-0.1, -0.05) is 39.7 Å². The second kappa shape index (κ2) is 8.08. The van der Waals surface area contributed by atoms with Crippen molar-refractivity contribution in [3.05, 3.63) is 63.6 Å². The average Bonchev–Trinajstić information content (AvgIpc) is 3.40. The first kappa shape index (κ1) is 19.4. The van der Waals surface area contributed by atoms with Crippen molar-refractivity contribution in [3.8, 4) is 0 Å². The van der Waals surface area contributed by atoms with Crippen LogP contribution in [0, 0.1) is 0 Å². The SMILES string of the molecule is O=C(CN(Cc1ccc(Br)cc1)S(=O)(=O)c1ccc(Cl)cc1)NC1CC1. The topological polar surface area (TPSA) is 66.5 Å². The maximum Gasteiger partial charge on any atom is 0.243 e. The van der Waals surface area contributed by atoms with Crippen LogP contribution in [0.15, 0.2) is 57.9 Å². The number of amides is 1. The van der Waals surface area contributed by atoms with E-state index in [1.807, 2.05) is 24.3 Å². The third-order valence-electron chi connectivity index (χ3n) is 3.99. The summed E-state index contributed by atoms with van der Waals surface area (Å²) in [6.07, 6.45) is 1.89. The molecule has 0 spiro atoms. The minimum Gasteiger partial charge on any atom is -0.352 e. The molecule has 1 aliphatic carbocycles. The van der Waals surface area contributed by atoms with Gasteiger partial charge in [-0.25, -0.2) is 8.42 Å². The lowest BCUT2D eigenvalue weighted by Gasteiger charge is -2.22. The molecule has 26 heavy (non-hydrogen) atoms. The summed E-state index contributed by atoms with van der Waals surface area (Å²) >= 11 is 9.22. The van der Waals surface area contributed by atoms with Crippen molar-refractivity contribution in [1.82, 2.24) is 9.62 Å². The number of nitrogens with zero attached hydrogens (tertiary/aromatic N) is 1. The van der Waals surface area contributed by atoms with Crippen molar-refractivity contribution in [2.45, 2.75) is 30.3 Å². The van der Waals surface area contributed by atoms with E-state index in [9.17, 15) is 13.2 Å². The Bertz CT molecular complexity index is 882. The Balaban J connectivity index is 1.85. The van der Waals surface area contributed by atoms with Crippen LogP contribution >= 0.6 is 27.5 Å². The van der Waals surface area contributed by atoms with E-state index in [1.165, 1.54) is 28.6 Å². The third kappa shape index (κ3) is 5.07. The Hall–Kier alpha value is -1.41. The summed E-state index contributed by atoms with van der Waals surface area (Å²) in [6.45, 7) is -0.117. The molecule has 1 aliphatic rings. The molecule has 0 unspecified atom stereocenters. The van der Waals surface area contributed by atoms with E-state index in [0.29, 0.717) is 5.02 Å². The van der Waals surface area contributed by atoms with Gasteiger partial charge in [0.25, 0.3) is 0 Å². The number of benzene rings is 2. The molecule has 1 saturated carbocycles. The Morgan fingerprint density at radius 3 is 2.31 bits per heavy atom. The van der Waals surface area contributed by atoms with E-state index in [0.717, 1.165) is 22.9 Å². The number of halogens is 2. The molecule has 1 N–H and O–H groups in total. The predicted octanol–water partition coefficient (Wildman–Crippen LogP) is 3.57. The summed E-state index contributed by atoms with van der Waals surface area (Å²) in [5.41, 5.74) is 0.796. The highest BCUT2D eigenvalue weighted by Gasteiger charge is 2.29. The molecule has 0 atom stereocenters. The van der Waals surface area contributed by atoms with Gasteiger partial charge in [-0.3, -0.25) is 4.79 Å². The van der Waals surface area contributed by atoms with Gasteiger partial charge < -0.3 is 5.32 Å². The van der Waals surface area contributed by atoms with Gasteiger partial charge in [-0.15, -0.1) is 0 Å². The van der Waals surface area contributed by atoms with Gasteiger partial charge in [0.15, 0.2) is 0 Å². The minimum atomic E-state index is -3.83. The normalized spacial score (nSPS) is 14.4. The number of carbonyl (C=O) groups excluding carboxylic acids is 1. The van der Waals surface area contributed by atoms with Gasteiger partial charge in [-0.2, -0.15) is 4.31 Å². The number of rotatable bonds is 7. The molecule has 0 radical (unpaired) electrons. The van der Waals surface area contributed by atoms with Gasteiger partial charge in [0.1, 0.15) is 0 Å². The van der Waals surface area contributed by atoms with E-state index in [1.54, 1.807) is 0 Å². The summed E-state index contributed by atoms with van der Waals surface area (Å²) < 4.78 is 28.2. The minimum absolute atomic E-state index is 0.107. The lowest BCUT2D eigenvalue weighted by molar-refractivity contribution is -0.121. The molecule has 1 amide bonds. The molecule has 8 heteroatoms. The molecule has 0 aromatic heterocycles. The van der Waals surface area contributed by atoms with Crippen LogP contribution in [0.3, 0.4) is 0 Å². The fourth-order valence-electron chi connectivity index (χ4n) is 2.44. The smallest absolute Gasteiger partial charge is 0.243 e. The third-order valence-corrected chi connectivity index (χ3v) is 6.57. The summed E-state index contributed by atoms with van der Waals surface area (Å²) in [7, 11) is -3.83. The van der Waals surface area contributed by atoms with Crippen molar-refractivity contribution in [1.29, 1.82) is 0 Å². The van der Waals surface area contributed by atoms with Crippen LogP contribution in [0.2, 0.25) is 5.02 Å². The second-order valence-electron chi connectivity index (χ2n) is 6.20. The van der Waals surface area contributed by atoms with Crippen LogP contribution in [0.1, 0.15) is 18.4 Å². The standard InChI is InChI=1S/C18H18BrClN2O3S/c19-14-3-1-13(2-4-14)11-22(12-18(23)21-16-7-8-16)26(24,25)17-9-5-15(20)6-10-17/h1-6,9-10,16H,7-8,11-12H2,(H,21,23). The molecular formula is C18H18BrClN2O3S. The molecule has 0 bridgehead atoms. The van der Waals surface area contributed by atoms with E-state index in [-0.39, 0.29) is 29.9 Å². The average molecular weight is 458 g/mol. The Labute approximate surface area is 166 Å². The second-order valence-corrected chi connectivity index (χ2v) is 9.49. The molecular weight excluding hydrogens is 440 g/mol. The Morgan fingerprint density at radius 1 is 1.12 bits per heavy atom. The maximum atomic E-state index is 13.0. The quantitative estimate of drug-likeness (QED) is 0.691. The van der Waals surface area contributed by atoms with E-state index in [4.69, 9.17) is 11.6 Å². The van der Waals surface area contributed by atoms with Crippen molar-refractivity contribution in [2.24, 2.45) is 0 Å². The molecule has 1 fully saturated rings. The number of sulfonamides is 1. The Morgan fingerprint density at radius 2 is 1.73 bits per heavy atom. The van der Waals surface area contributed by atoms with E-state index < -0.39 is 10.0 Å². The first-order valence-electron chi connectivity index (χ1n) is 8.14. The van der Waals surface area contributed by atoms with Crippen molar-refractivity contribution in [2.75, 3.05) is 6.54 Å². The van der Waals surface area contributed by atoms with Crippen LogP contribution in [-0.4, -0.2) is 31.2 Å². The zero-order chi connectivity index (χ0) is 18.7. The first-order valence-corrected chi connectivity index (χ1v) is 10.8. The molecule has 3 rings (SSSR count). The zero-order valence-electron chi connectivity index (χ0n) is 13.9. The molecule has 2 aromatic rings. The zero-order valence-corrected chi connectivity index (χ0v) is 17.0. The van der Waals surface area contributed by atoms with Crippen molar-refractivity contribution >= 4 is 43.5 Å². The number of carbonyl (C=O) groups is 1. The first-order chi connectivity index (χ1) is 12.3. The van der Waals surface area contributed by atoms with Crippen molar-refractivity contribution < 1.29 is 13.2 Å². The monoisotopic (exact) mass is 456 g/mol. The van der Waals surface area contributed by atoms with Gasteiger partial charge in [0, 0.05) is 22.1 Å². The van der Waals surface area contributed by atoms with Crippen molar-refractivity contribution in [3.63, 3.8) is 0 Å². The highest BCUT2D eigenvalue weighted by atomic mass is 79.9. The van der Waals surface area contributed by atoms with E-state index >= 15 is 0 Å². The van der Waals surface area contributed by atoms with Crippen LogP contribution < -0.4 is 5.32 Å². The van der Waals surface area contributed by atoms with Gasteiger partial charge in [0.2, 0.25) is 15.9 Å². The molecule has 5 nitrogen and oxygen atoms in total. The summed E-state index contributed by atoms with van der Waals surface area (Å²) in [4.78, 5) is 12.3. The highest BCUT2D eigenvalue weighted by Crippen LogP contribution is 2.22. The number of nitrogens with one attached hydrogen (secondary N) is 1. The fraction of sp³-hybridized carbons (Fsp3) is 0.278. The molecule has 138 valence electrons. The molecule has 0 aliphatic heterocycles. The van der Waals surface area contributed by atoms with E-state index in [2.05, 4.69) is 21.2 Å². The van der Waals surface area contributed by atoms with Crippen LogP contribution in [0.5, 0.6) is 0 Å². The number of hydrogen-bond acceptors (Lipinski definition) is 3. The molecule has 0 saturated heterocycles.